The maximum Gasteiger partial charge on any atom is 0.416 e. The van der Waals surface area contributed by atoms with Crippen molar-refractivity contribution >= 4 is 0 Å². The summed E-state index contributed by atoms with van der Waals surface area (Å²) in [6.07, 6.45) is -6.31. The van der Waals surface area contributed by atoms with Crippen molar-refractivity contribution in [3.63, 3.8) is 0 Å². The van der Waals surface area contributed by atoms with Gasteiger partial charge in [-0.2, -0.15) is 26.3 Å². The number of piperidine rings is 1. The fraction of sp³-hybridized carbons (Fsp3) is 0.500. The van der Waals surface area contributed by atoms with Crippen molar-refractivity contribution < 1.29 is 31.1 Å². The molecule has 0 saturated carbocycles. The van der Waals surface area contributed by atoms with Gasteiger partial charge in [0.2, 0.25) is 0 Å². The van der Waals surface area contributed by atoms with Crippen LogP contribution in [0.1, 0.15) is 47.6 Å². The van der Waals surface area contributed by atoms with E-state index in [4.69, 9.17) is 4.74 Å². The van der Waals surface area contributed by atoms with Gasteiger partial charge in [-0.15, -0.1) is 0 Å². The molecule has 1 fully saturated rings. The van der Waals surface area contributed by atoms with Gasteiger partial charge in [0.1, 0.15) is 5.75 Å². The second-order valence-electron chi connectivity index (χ2n) is 8.22. The van der Waals surface area contributed by atoms with Crippen LogP contribution in [0.5, 0.6) is 5.75 Å². The highest BCUT2D eigenvalue weighted by Crippen LogP contribution is 2.36. The Kier molecular flexibility index (Phi) is 8.28. The summed E-state index contributed by atoms with van der Waals surface area (Å²) >= 11 is 0. The predicted octanol–water partition coefficient (Wildman–Crippen LogP) is 6.09. The van der Waals surface area contributed by atoms with E-state index in [0.717, 1.165) is 49.4 Å². The van der Waals surface area contributed by atoms with Gasteiger partial charge in [0.05, 0.1) is 24.3 Å². The highest BCUT2D eigenvalue weighted by Gasteiger charge is 2.36. The van der Waals surface area contributed by atoms with E-state index in [1.807, 2.05) is 24.3 Å². The molecule has 33 heavy (non-hydrogen) atoms. The van der Waals surface area contributed by atoms with Crippen LogP contribution in [0.4, 0.5) is 26.3 Å². The number of hydrogen-bond donors (Lipinski definition) is 1. The number of methoxy groups -OCH3 is 1. The van der Waals surface area contributed by atoms with Crippen molar-refractivity contribution in [3.8, 4) is 5.75 Å². The summed E-state index contributed by atoms with van der Waals surface area (Å²) in [5.41, 5.74) is -1.57. The Morgan fingerprint density at radius 1 is 0.909 bits per heavy atom. The van der Waals surface area contributed by atoms with Crippen LogP contribution in [-0.2, 0) is 18.8 Å². The molecule has 1 saturated heterocycles. The van der Waals surface area contributed by atoms with Crippen LogP contribution in [0.2, 0.25) is 0 Å². The van der Waals surface area contributed by atoms with Gasteiger partial charge in [0.15, 0.2) is 0 Å². The summed E-state index contributed by atoms with van der Waals surface area (Å²) in [4.78, 5) is 2.35. The summed E-state index contributed by atoms with van der Waals surface area (Å²) in [5.74, 6) is 0.752. The van der Waals surface area contributed by atoms with Gasteiger partial charge in [-0.3, -0.25) is 4.90 Å². The predicted molar refractivity (Wildman–Crippen MR) is 114 cm³/mol. The number of rotatable bonds is 8. The lowest BCUT2D eigenvalue weighted by atomic mass is 10.00. The Balaban J connectivity index is 1.72. The van der Waals surface area contributed by atoms with Crippen LogP contribution in [0, 0.1) is 0 Å². The zero-order valence-corrected chi connectivity index (χ0v) is 18.4. The number of nitrogens with one attached hydrogen (secondary N) is 1. The molecule has 9 heteroatoms. The van der Waals surface area contributed by atoms with Crippen molar-refractivity contribution in [3.05, 3.63) is 64.7 Å². The Morgan fingerprint density at radius 3 is 2.09 bits per heavy atom. The van der Waals surface area contributed by atoms with Crippen LogP contribution in [-0.4, -0.2) is 38.2 Å². The first-order valence-corrected chi connectivity index (χ1v) is 11.0. The van der Waals surface area contributed by atoms with E-state index in [-0.39, 0.29) is 30.6 Å². The number of benzene rings is 2. The number of hydrogen-bond acceptors (Lipinski definition) is 3. The number of ether oxygens (including phenoxy) is 1. The molecular weight excluding hydrogens is 446 g/mol. The van der Waals surface area contributed by atoms with Crippen molar-refractivity contribution in [2.24, 2.45) is 0 Å². The Hall–Kier alpha value is -2.26. The summed E-state index contributed by atoms with van der Waals surface area (Å²) in [6.45, 7) is 2.60. The first-order valence-electron chi connectivity index (χ1n) is 11.0. The Labute approximate surface area is 189 Å². The summed E-state index contributed by atoms with van der Waals surface area (Å²) < 4.78 is 84.1. The molecule has 0 aliphatic carbocycles. The third-order valence-corrected chi connectivity index (χ3v) is 5.90. The quantitative estimate of drug-likeness (QED) is 0.370. The Bertz CT molecular complexity index is 874. The number of para-hydroxylation sites is 1. The zero-order valence-electron chi connectivity index (χ0n) is 18.4. The third kappa shape index (κ3) is 6.86. The average Bonchev–Trinajstić information content (AvgIpc) is 2.78. The van der Waals surface area contributed by atoms with E-state index < -0.39 is 23.5 Å². The second-order valence-corrected chi connectivity index (χ2v) is 8.22. The van der Waals surface area contributed by atoms with Gasteiger partial charge >= 0.3 is 12.4 Å². The van der Waals surface area contributed by atoms with E-state index in [9.17, 15) is 26.3 Å². The molecule has 0 radical (unpaired) electrons. The van der Waals surface area contributed by atoms with Crippen molar-refractivity contribution in [1.82, 2.24) is 10.2 Å². The molecule has 182 valence electrons. The van der Waals surface area contributed by atoms with Crippen molar-refractivity contribution in [2.45, 2.75) is 44.1 Å². The van der Waals surface area contributed by atoms with Crippen LogP contribution in [0.25, 0.3) is 0 Å². The first-order chi connectivity index (χ1) is 15.6. The molecule has 1 N–H and O–H groups in total. The van der Waals surface area contributed by atoms with Gasteiger partial charge in [-0.1, -0.05) is 24.6 Å². The van der Waals surface area contributed by atoms with Crippen molar-refractivity contribution in [2.75, 3.05) is 33.3 Å². The number of likely N-dealkylation sites (tertiary alicyclic amines) is 1. The number of nitrogens with zero attached hydrogens (tertiary/aromatic N) is 1. The average molecular weight is 474 g/mol. The van der Waals surface area contributed by atoms with Crippen LogP contribution in [0.15, 0.2) is 42.5 Å². The second kappa shape index (κ2) is 10.8. The lowest BCUT2D eigenvalue weighted by Crippen LogP contribution is -2.39. The smallest absolute Gasteiger partial charge is 0.416 e. The SMILES string of the molecule is COc1ccccc1C(CNCCc1cc(C(F)(F)F)cc(C(F)(F)F)c1)N1CCCCC1. The molecule has 1 atom stereocenters. The fourth-order valence-electron chi connectivity index (χ4n) is 4.24. The first kappa shape index (κ1) is 25.4. The fourth-order valence-corrected chi connectivity index (χ4v) is 4.24. The molecule has 0 bridgehead atoms. The van der Waals surface area contributed by atoms with Crippen molar-refractivity contribution in [1.29, 1.82) is 0 Å². The molecule has 3 nitrogen and oxygen atoms in total. The lowest BCUT2D eigenvalue weighted by Gasteiger charge is -2.35. The van der Waals surface area contributed by atoms with Gasteiger partial charge in [0.25, 0.3) is 0 Å². The lowest BCUT2D eigenvalue weighted by molar-refractivity contribution is -0.143. The maximum absolute atomic E-state index is 13.1. The minimum Gasteiger partial charge on any atom is -0.496 e. The molecule has 1 heterocycles. The molecule has 1 aliphatic heterocycles. The van der Waals surface area contributed by atoms with E-state index in [1.54, 1.807) is 7.11 Å². The molecule has 3 rings (SSSR count). The van der Waals surface area contributed by atoms with Crippen LogP contribution >= 0.6 is 0 Å². The Morgan fingerprint density at radius 2 is 1.52 bits per heavy atom. The maximum atomic E-state index is 13.1. The largest absolute Gasteiger partial charge is 0.496 e. The molecular formula is C24H28F6N2O. The highest BCUT2D eigenvalue weighted by atomic mass is 19.4. The number of alkyl halides is 6. The van der Waals surface area contributed by atoms with Gasteiger partial charge in [-0.05, 0) is 68.7 Å². The molecule has 2 aromatic rings. The van der Waals surface area contributed by atoms with Crippen LogP contribution in [0.3, 0.4) is 0 Å². The molecule has 1 aliphatic rings. The van der Waals surface area contributed by atoms with Gasteiger partial charge in [0, 0.05) is 12.1 Å². The van der Waals surface area contributed by atoms with E-state index >= 15 is 0 Å². The summed E-state index contributed by atoms with van der Waals surface area (Å²) in [7, 11) is 1.60. The van der Waals surface area contributed by atoms with Gasteiger partial charge in [-0.25, -0.2) is 0 Å². The highest BCUT2D eigenvalue weighted by molar-refractivity contribution is 5.36. The number of halogens is 6. The third-order valence-electron chi connectivity index (χ3n) is 5.90. The molecule has 0 amide bonds. The minimum absolute atomic E-state index is 0.00327. The molecule has 1 unspecified atom stereocenters. The molecule has 0 spiro atoms. The van der Waals surface area contributed by atoms with E-state index in [0.29, 0.717) is 6.54 Å². The minimum atomic E-state index is -4.84. The topological polar surface area (TPSA) is 24.5 Å². The van der Waals surface area contributed by atoms with Crippen LogP contribution < -0.4 is 10.1 Å². The van der Waals surface area contributed by atoms with Gasteiger partial charge < -0.3 is 10.1 Å². The standard InChI is InChI=1S/C24H28F6N2O/c1-33-22-8-4-3-7-20(22)21(32-11-5-2-6-12-32)16-31-10-9-17-13-18(23(25,26)27)15-19(14-17)24(28,29)30/h3-4,7-8,13-15,21,31H,2,5-6,9-12,16H2,1H3. The summed E-state index contributed by atoms with van der Waals surface area (Å²) in [6, 6.07) is 9.42. The van der Waals surface area contributed by atoms with E-state index in [2.05, 4.69) is 10.2 Å². The van der Waals surface area contributed by atoms with E-state index in [1.165, 1.54) is 6.42 Å². The monoisotopic (exact) mass is 474 g/mol. The molecule has 0 aromatic heterocycles. The zero-order chi connectivity index (χ0) is 24.1. The summed E-state index contributed by atoms with van der Waals surface area (Å²) in [5, 5.41) is 3.24. The molecule has 2 aromatic carbocycles. The normalized spacial score (nSPS) is 16.6.